The standard InChI is InChI=1S/C19H19N3O3/c1-13(23)21-16-9-7-15(8-10-16)19(25)22-12-11-20-18(24)17(22)14-5-3-2-4-6-14/h2-10,17H,11-12H2,1H3,(H,20,24)(H,21,23). The number of hydrogen-bond acceptors (Lipinski definition) is 3. The van der Waals surface area contributed by atoms with E-state index in [4.69, 9.17) is 0 Å². The van der Waals surface area contributed by atoms with Crippen LogP contribution < -0.4 is 10.6 Å². The summed E-state index contributed by atoms with van der Waals surface area (Å²) in [6.45, 7) is 2.30. The summed E-state index contributed by atoms with van der Waals surface area (Å²) in [5, 5.41) is 5.48. The molecular formula is C19H19N3O3. The van der Waals surface area contributed by atoms with Crippen LogP contribution in [0.1, 0.15) is 28.9 Å². The highest BCUT2D eigenvalue weighted by atomic mass is 16.2. The average Bonchev–Trinajstić information content (AvgIpc) is 2.62. The number of anilines is 1. The lowest BCUT2D eigenvalue weighted by atomic mass is 10.0. The van der Waals surface area contributed by atoms with Crippen LogP contribution in [0.15, 0.2) is 54.6 Å². The molecule has 1 unspecified atom stereocenters. The molecule has 2 N–H and O–H groups in total. The van der Waals surface area contributed by atoms with Gasteiger partial charge in [-0.2, -0.15) is 0 Å². The second-order valence-corrected chi connectivity index (χ2v) is 5.86. The van der Waals surface area contributed by atoms with Crippen molar-refractivity contribution >= 4 is 23.4 Å². The van der Waals surface area contributed by atoms with Gasteiger partial charge in [-0.3, -0.25) is 14.4 Å². The monoisotopic (exact) mass is 337 g/mol. The van der Waals surface area contributed by atoms with Gasteiger partial charge < -0.3 is 15.5 Å². The zero-order valence-electron chi connectivity index (χ0n) is 13.9. The fourth-order valence-electron chi connectivity index (χ4n) is 2.92. The number of amides is 3. The molecule has 6 heteroatoms. The molecule has 1 fully saturated rings. The summed E-state index contributed by atoms with van der Waals surface area (Å²) in [5.74, 6) is -0.560. The van der Waals surface area contributed by atoms with Crippen molar-refractivity contribution in [3.63, 3.8) is 0 Å². The summed E-state index contributed by atoms with van der Waals surface area (Å²) in [7, 11) is 0. The highest BCUT2D eigenvalue weighted by molar-refractivity contribution is 5.99. The van der Waals surface area contributed by atoms with Crippen molar-refractivity contribution in [3.05, 3.63) is 65.7 Å². The minimum absolute atomic E-state index is 0.170. The predicted octanol–water partition coefficient (Wildman–Crippen LogP) is 1.96. The van der Waals surface area contributed by atoms with E-state index in [0.717, 1.165) is 5.56 Å². The Balaban J connectivity index is 1.86. The van der Waals surface area contributed by atoms with Gasteiger partial charge in [-0.15, -0.1) is 0 Å². The van der Waals surface area contributed by atoms with Gasteiger partial charge in [0.25, 0.3) is 5.91 Å². The van der Waals surface area contributed by atoms with Crippen molar-refractivity contribution in [2.24, 2.45) is 0 Å². The first kappa shape index (κ1) is 16.7. The van der Waals surface area contributed by atoms with Gasteiger partial charge in [0.05, 0.1) is 0 Å². The molecule has 1 aliphatic rings. The fourth-order valence-corrected chi connectivity index (χ4v) is 2.92. The SMILES string of the molecule is CC(=O)Nc1ccc(C(=O)N2CCNC(=O)C2c2ccccc2)cc1. The molecule has 2 aromatic rings. The molecule has 128 valence electrons. The molecule has 0 aromatic heterocycles. The lowest BCUT2D eigenvalue weighted by Gasteiger charge is -2.35. The van der Waals surface area contributed by atoms with Crippen LogP contribution in [-0.4, -0.2) is 35.7 Å². The minimum Gasteiger partial charge on any atom is -0.352 e. The maximum Gasteiger partial charge on any atom is 0.254 e. The van der Waals surface area contributed by atoms with Gasteiger partial charge in [-0.05, 0) is 29.8 Å². The third kappa shape index (κ3) is 3.68. The van der Waals surface area contributed by atoms with Gasteiger partial charge in [0.1, 0.15) is 6.04 Å². The first-order chi connectivity index (χ1) is 12.1. The Hall–Kier alpha value is -3.15. The Kier molecular flexibility index (Phi) is 4.79. The largest absolute Gasteiger partial charge is 0.352 e. The Morgan fingerprint density at radius 3 is 2.40 bits per heavy atom. The summed E-state index contributed by atoms with van der Waals surface area (Å²) < 4.78 is 0. The maximum atomic E-state index is 12.9. The predicted molar refractivity (Wildman–Crippen MR) is 94.0 cm³/mol. The molecule has 25 heavy (non-hydrogen) atoms. The highest BCUT2D eigenvalue weighted by Gasteiger charge is 2.34. The zero-order valence-corrected chi connectivity index (χ0v) is 13.9. The molecule has 2 aromatic carbocycles. The van der Waals surface area contributed by atoms with Gasteiger partial charge in [0.2, 0.25) is 11.8 Å². The molecule has 0 spiro atoms. The molecule has 0 bridgehead atoms. The van der Waals surface area contributed by atoms with E-state index >= 15 is 0 Å². The van der Waals surface area contributed by atoms with Crippen molar-refractivity contribution in [3.8, 4) is 0 Å². The van der Waals surface area contributed by atoms with Gasteiger partial charge in [0.15, 0.2) is 0 Å². The van der Waals surface area contributed by atoms with Crippen molar-refractivity contribution in [1.82, 2.24) is 10.2 Å². The summed E-state index contributed by atoms with van der Waals surface area (Å²) in [6.07, 6.45) is 0. The van der Waals surface area contributed by atoms with E-state index in [9.17, 15) is 14.4 Å². The van der Waals surface area contributed by atoms with E-state index in [0.29, 0.717) is 24.3 Å². The lowest BCUT2D eigenvalue weighted by Crippen LogP contribution is -2.52. The summed E-state index contributed by atoms with van der Waals surface area (Å²) >= 11 is 0. The third-order valence-corrected chi connectivity index (χ3v) is 4.04. The summed E-state index contributed by atoms with van der Waals surface area (Å²) in [6, 6.07) is 15.3. The van der Waals surface area contributed by atoms with Crippen molar-refractivity contribution < 1.29 is 14.4 Å². The first-order valence-corrected chi connectivity index (χ1v) is 8.07. The molecule has 1 heterocycles. The summed E-state index contributed by atoms with van der Waals surface area (Å²) in [5.41, 5.74) is 1.88. The van der Waals surface area contributed by atoms with E-state index in [1.165, 1.54) is 6.92 Å². The van der Waals surface area contributed by atoms with Crippen LogP contribution in [-0.2, 0) is 9.59 Å². The van der Waals surface area contributed by atoms with Gasteiger partial charge >= 0.3 is 0 Å². The number of rotatable bonds is 3. The van der Waals surface area contributed by atoms with Crippen LogP contribution in [0.2, 0.25) is 0 Å². The number of nitrogens with zero attached hydrogens (tertiary/aromatic N) is 1. The molecule has 0 aliphatic carbocycles. The molecule has 1 saturated heterocycles. The topological polar surface area (TPSA) is 78.5 Å². The van der Waals surface area contributed by atoms with Crippen LogP contribution >= 0.6 is 0 Å². The molecule has 1 atom stereocenters. The molecule has 0 radical (unpaired) electrons. The Bertz CT molecular complexity index is 787. The van der Waals surface area contributed by atoms with Gasteiger partial charge in [-0.25, -0.2) is 0 Å². The fraction of sp³-hybridized carbons (Fsp3) is 0.211. The second-order valence-electron chi connectivity index (χ2n) is 5.86. The van der Waals surface area contributed by atoms with Crippen LogP contribution in [0.4, 0.5) is 5.69 Å². The zero-order chi connectivity index (χ0) is 17.8. The van der Waals surface area contributed by atoms with Crippen LogP contribution in [0.25, 0.3) is 0 Å². The Morgan fingerprint density at radius 2 is 1.76 bits per heavy atom. The quantitative estimate of drug-likeness (QED) is 0.899. The smallest absolute Gasteiger partial charge is 0.254 e. The number of carbonyl (C=O) groups excluding carboxylic acids is 3. The second kappa shape index (κ2) is 7.17. The molecule has 3 rings (SSSR count). The molecule has 1 aliphatic heterocycles. The van der Waals surface area contributed by atoms with Crippen molar-refractivity contribution in [1.29, 1.82) is 0 Å². The van der Waals surface area contributed by atoms with Crippen LogP contribution in [0.5, 0.6) is 0 Å². The summed E-state index contributed by atoms with van der Waals surface area (Å²) in [4.78, 5) is 38.0. The highest BCUT2D eigenvalue weighted by Crippen LogP contribution is 2.25. The normalized spacial score (nSPS) is 16.9. The van der Waals surface area contributed by atoms with E-state index in [1.807, 2.05) is 30.3 Å². The molecule has 3 amide bonds. The number of hydrogen-bond donors (Lipinski definition) is 2. The number of benzene rings is 2. The van der Waals surface area contributed by atoms with Crippen molar-refractivity contribution in [2.45, 2.75) is 13.0 Å². The number of carbonyl (C=O) groups is 3. The minimum atomic E-state index is -0.641. The third-order valence-electron chi connectivity index (χ3n) is 4.04. The molecule has 0 saturated carbocycles. The van der Waals surface area contributed by atoms with Crippen LogP contribution in [0.3, 0.4) is 0 Å². The van der Waals surface area contributed by atoms with Gasteiger partial charge in [-0.1, -0.05) is 30.3 Å². The molecule has 6 nitrogen and oxygen atoms in total. The number of piperazine rings is 1. The first-order valence-electron chi connectivity index (χ1n) is 8.07. The van der Waals surface area contributed by atoms with Crippen LogP contribution in [0, 0.1) is 0 Å². The number of nitrogens with one attached hydrogen (secondary N) is 2. The van der Waals surface area contributed by atoms with E-state index in [1.54, 1.807) is 29.2 Å². The van der Waals surface area contributed by atoms with E-state index in [-0.39, 0.29) is 17.7 Å². The van der Waals surface area contributed by atoms with E-state index in [2.05, 4.69) is 10.6 Å². The maximum absolute atomic E-state index is 12.9. The van der Waals surface area contributed by atoms with Gasteiger partial charge in [0, 0.05) is 31.3 Å². The Morgan fingerprint density at radius 1 is 1.08 bits per heavy atom. The average molecular weight is 337 g/mol. The van der Waals surface area contributed by atoms with Crippen molar-refractivity contribution in [2.75, 3.05) is 18.4 Å². The Labute approximate surface area is 145 Å². The lowest BCUT2D eigenvalue weighted by molar-refractivity contribution is -0.128. The van der Waals surface area contributed by atoms with E-state index < -0.39 is 6.04 Å². The molecular weight excluding hydrogens is 318 g/mol.